The molecule has 2 nitrogen and oxygen atoms in total. The molecule has 20 heavy (non-hydrogen) atoms. The molecule has 0 aliphatic rings. The van der Waals surface area contributed by atoms with Crippen molar-refractivity contribution in [1.82, 2.24) is 4.98 Å². The fraction of sp³-hybridized carbons (Fsp3) is 0.400. The lowest BCUT2D eigenvalue weighted by molar-refractivity contribution is 0.474. The topological polar surface area (TPSA) is 22.1 Å². The maximum absolute atomic E-state index is 5.97. The molecule has 2 rings (SSSR count). The molecule has 0 spiro atoms. The van der Waals surface area contributed by atoms with Gasteiger partial charge in [-0.05, 0) is 29.5 Å². The van der Waals surface area contributed by atoms with E-state index in [9.17, 15) is 0 Å². The Bertz CT molecular complexity index is 617. The van der Waals surface area contributed by atoms with Gasteiger partial charge >= 0.3 is 0 Å². The first kappa shape index (κ1) is 15.6. The minimum absolute atomic E-state index is 0.125. The number of nitrogens with zero attached hydrogens (tertiary/aromatic N) is 1. The average Bonchev–Trinajstić information content (AvgIpc) is 2.71. The van der Waals surface area contributed by atoms with E-state index in [0.29, 0.717) is 16.2 Å². The normalized spacial score (nSPS) is 11.7. The monoisotopic (exact) mass is 329 g/mol. The van der Waals surface area contributed by atoms with Gasteiger partial charge < -0.3 is 4.74 Å². The summed E-state index contributed by atoms with van der Waals surface area (Å²) >= 11 is 13.1. The third kappa shape index (κ3) is 3.46. The van der Waals surface area contributed by atoms with Gasteiger partial charge in [0.1, 0.15) is 10.9 Å². The van der Waals surface area contributed by atoms with Crippen LogP contribution >= 0.6 is 34.5 Å². The molecule has 0 amide bonds. The molecule has 2 aromatic rings. The lowest BCUT2D eigenvalue weighted by Gasteiger charge is -2.20. The minimum Gasteiger partial charge on any atom is -0.431 e. The van der Waals surface area contributed by atoms with Gasteiger partial charge in [0.25, 0.3) is 5.19 Å². The standard InChI is InChI=1S/C15H17Cl2NOS/c1-9-7-10(15(2,3)4)5-6-11(9)19-14-18-13(17)12(8-16)20-14/h5-7H,8H2,1-4H3. The Kier molecular flexibility index (Phi) is 4.62. The fourth-order valence-corrected chi connectivity index (χ4v) is 3.10. The molecule has 1 heterocycles. The van der Waals surface area contributed by atoms with E-state index >= 15 is 0 Å². The molecule has 0 radical (unpaired) electrons. The molecule has 0 aliphatic heterocycles. The highest BCUT2D eigenvalue weighted by atomic mass is 35.5. The summed E-state index contributed by atoms with van der Waals surface area (Å²) in [6, 6.07) is 6.21. The molecule has 1 aromatic carbocycles. The van der Waals surface area contributed by atoms with E-state index in [2.05, 4.69) is 37.9 Å². The van der Waals surface area contributed by atoms with Gasteiger partial charge in [0.2, 0.25) is 0 Å². The van der Waals surface area contributed by atoms with Crippen molar-refractivity contribution in [3.8, 4) is 10.9 Å². The summed E-state index contributed by atoms with van der Waals surface area (Å²) < 4.78 is 5.80. The molecule has 0 aliphatic carbocycles. The summed E-state index contributed by atoms with van der Waals surface area (Å²) in [6.07, 6.45) is 0. The largest absolute Gasteiger partial charge is 0.431 e. The maximum Gasteiger partial charge on any atom is 0.280 e. The predicted octanol–water partition coefficient (Wildman–Crippen LogP) is 5.93. The van der Waals surface area contributed by atoms with E-state index in [1.165, 1.54) is 16.9 Å². The first-order valence-corrected chi connectivity index (χ1v) is 8.04. The SMILES string of the molecule is Cc1cc(C(C)(C)C)ccc1Oc1nc(Cl)c(CCl)s1. The zero-order chi connectivity index (χ0) is 14.9. The third-order valence-electron chi connectivity index (χ3n) is 2.99. The van der Waals surface area contributed by atoms with Crippen LogP contribution in [0.25, 0.3) is 0 Å². The van der Waals surface area contributed by atoms with Crippen molar-refractivity contribution >= 4 is 34.5 Å². The Balaban J connectivity index is 2.25. The fourth-order valence-electron chi connectivity index (χ4n) is 1.76. The number of ether oxygens (including phenoxy) is 1. The Morgan fingerprint density at radius 2 is 2.00 bits per heavy atom. The lowest BCUT2D eigenvalue weighted by Crippen LogP contribution is -2.11. The number of thiazole rings is 1. The highest BCUT2D eigenvalue weighted by Gasteiger charge is 2.16. The van der Waals surface area contributed by atoms with E-state index in [0.717, 1.165) is 16.2 Å². The highest BCUT2D eigenvalue weighted by Crippen LogP contribution is 2.35. The Morgan fingerprint density at radius 3 is 2.50 bits per heavy atom. The van der Waals surface area contributed by atoms with Crippen LogP contribution in [-0.4, -0.2) is 4.98 Å². The van der Waals surface area contributed by atoms with Crippen molar-refractivity contribution in [3.63, 3.8) is 0 Å². The number of aromatic nitrogens is 1. The van der Waals surface area contributed by atoms with Crippen LogP contribution in [0.1, 0.15) is 36.8 Å². The van der Waals surface area contributed by atoms with Gasteiger partial charge in [0, 0.05) is 0 Å². The molecule has 0 fully saturated rings. The summed E-state index contributed by atoms with van der Waals surface area (Å²) in [4.78, 5) is 4.99. The molecule has 0 saturated carbocycles. The van der Waals surface area contributed by atoms with Crippen LogP contribution in [0.2, 0.25) is 5.15 Å². The zero-order valence-electron chi connectivity index (χ0n) is 12.0. The van der Waals surface area contributed by atoms with Crippen LogP contribution in [0.5, 0.6) is 10.9 Å². The number of alkyl halides is 1. The summed E-state index contributed by atoms with van der Waals surface area (Å²) in [5.74, 6) is 1.14. The van der Waals surface area contributed by atoms with Crippen LogP contribution in [-0.2, 0) is 11.3 Å². The van der Waals surface area contributed by atoms with Crippen molar-refractivity contribution in [2.24, 2.45) is 0 Å². The Labute approximate surface area is 133 Å². The van der Waals surface area contributed by atoms with Gasteiger partial charge in [0.15, 0.2) is 0 Å². The summed E-state index contributed by atoms with van der Waals surface area (Å²) in [5, 5.41) is 0.946. The molecule has 0 N–H and O–H groups in total. The van der Waals surface area contributed by atoms with E-state index < -0.39 is 0 Å². The number of halogens is 2. The van der Waals surface area contributed by atoms with E-state index in [1.54, 1.807) is 0 Å². The number of aryl methyl sites for hydroxylation is 1. The second-order valence-electron chi connectivity index (χ2n) is 5.66. The number of benzene rings is 1. The molecule has 0 unspecified atom stereocenters. The summed E-state index contributed by atoms with van der Waals surface area (Å²) in [6.45, 7) is 8.60. The minimum atomic E-state index is 0.125. The molecule has 0 bridgehead atoms. The molecule has 0 atom stereocenters. The van der Waals surface area contributed by atoms with Gasteiger partial charge in [0.05, 0.1) is 10.8 Å². The van der Waals surface area contributed by atoms with Crippen LogP contribution in [0.3, 0.4) is 0 Å². The number of hydrogen-bond donors (Lipinski definition) is 0. The van der Waals surface area contributed by atoms with Crippen LogP contribution in [0.4, 0.5) is 0 Å². The number of hydrogen-bond acceptors (Lipinski definition) is 3. The van der Waals surface area contributed by atoms with Crippen molar-refractivity contribution in [2.75, 3.05) is 0 Å². The molecule has 1 aromatic heterocycles. The molecular formula is C15H17Cl2NOS. The van der Waals surface area contributed by atoms with Crippen LogP contribution < -0.4 is 4.74 Å². The molecule has 0 saturated heterocycles. The van der Waals surface area contributed by atoms with E-state index in [-0.39, 0.29) is 5.41 Å². The maximum atomic E-state index is 5.97. The van der Waals surface area contributed by atoms with Crippen LogP contribution in [0, 0.1) is 6.92 Å². The van der Waals surface area contributed by atoms with Gasteiger partial charge in [-0.25, -0.2) is 0 Å². The van der Waals surface area contributed by atoms with E-state index in [1.807, 2.05) is 13.0 Å². The molecular weight excluding hydrogens is 313 g/mol. The lowest BCUT2D eigenvalue weighted by atomic mass is 9.86. The van der Waals surface area contributed by atoms with Gasteiger partial charge in [-0.1, -0.05) is 55.8 Å². The summed E-state index contributed by atoms with van der Waals surface area (Å²) in [7, 11) is 0. The van der Waals surface area contributed by atoms with Crippen LogP contribution in [0.15, 0.2) is 18.2 Å². The third-order valence-corrected chi connectivity index (χ3v) is 4.77. The molecule has 108 valence electrons. The summed E-state index contributed by atoms with van der Waals surface area (Å²) in [5.41, 5.74) is 2.48. The Morgan fingerprint density at radius 1 is 1.30 bits per heavy atom. The number of rotatable bonds is 3. The van der Waals surface area contributed by atoms with Crippen molar-refractivity contribution in [2.45, 2.75) is 39.0 Å². The van der Waals surface area contributed by atoms with Crippen molar-refractivity contribution in [3.05, 3.63) is 39.4 Å². The Hall–Kier alpha value is -0.770. The van der Waals surface area contributed by atoms with E-state index in [4.69, 9.17) is 27.9 Å². The van der Waals surface area contributed by atoms with Gasteiger partial charge in [-0.2, -0.15) is 4.98 Å². The zero-order valence-corrected chi connectivity index (χ0v) is 14.3. The predicted molar refractivity (Wildman–Crippen MR) is 86.6 cm³/mol. The highest BCUT2D eigenvalue weighted by molar-refractivity contribution is 7.14. The van der Waals surface area contributed by atoms with Gasteiger partial charge in [-0.15, -0.1) is 11.6 Å². The average molecular weight is 330 g/mol. The first-order valence-electron chi connectivity index (χ1n) is 6.31. The quantitative estimate of drug-likeness (QED) is 0.650. The molecule has 5 heteroatoms. The second kappa shape index (κ2) is 5.92. The van der Waals surface area contributed by atoms with Crippen molar-refractivity contribution in [1.29, 1.82) is 0 Å². The smallest absolute Gasteiger partial charge is 0.280 e. The first-order chi connectivity index (χ1) is 9.31. The van der Waals surface area contributed by atoms with Gasteiger partial charge in [-0.3, -0.25) is 0 Å². The van der Waals surface area contributed by atoms with Crippen molar-refractivity contribution < 1.29 is 4.74 Å². The second-order valence-corrected chi connectivity index (χ2v) is 7.33.